The molecule has 0 aliphatic carbocycles. The molecule has 0 saturated heterocycles. The summed E-state index contributed by atoms with van der Waals surface area (Å²) in [6.07, 6.45) is 1.90. The van der Waals surface area contributed by atoms with Crippen molar-refractivity contribution in [1.82, 2.24) is 0 Å². The maximum atomic E-state index is 10.7. The van der Waals surface area contributed by atoms with Gasteiger partial charge in [0.2, 0.25) is 5.91 Å². The van der Waals surface area contributed by atoms with Gasteiger partial charge in [-0.25, -0.2) is 0 Å². The topological polar surface area (TPSA) is 78.3 Å². The Morgan fingerprint density at radius 1 is 1.25 bits per heavy atom. The molecule has 0 aromatic rings. The summed E-state index contributed by atoms with van der Waals surface area (Å²) in [5.41, 5.74) is 4.80. The molecule has 0 aliphatic heterocycles. The fourth-order valence-electron chi connectivity index (χ4n) is 1.13. The van der Waals surface area contributed by atoms with Gasteiger partial charge in [0.25, 0.3) is 0 Å². The molecular formula is C11H24N2O2S. The summed E-state index contributed by atoms with van der Waals surface area (Å²) in [6.45, 7) is 8.74. The second-order valence-corrected chi connectivity index (χ2v) is 6.54. The van der Waals surface area contributed by atoms with E-state index in [9.17, 15) is 4.79 Å². The van der Waals surface area contributed by atoms with Crippen molar-refractivity contribution in [2.45, 2.75) is 57.3 Å². The summed E-state index contributed by atoms with van der Waals surface area (Å²) >= 11 is 1.34. The van der Waals surface area contributed by atoms with Crippen molar-refractivity contribution in [2.75, 3.05) is 6.61 Å². The molecule has 0 saturated carbocycles. The van der Waals surface area contributed by atoms with Gasteiger partial charge in [0.05, 0.1) is 5.60 Å². The molecule has 0 bridgehead atoms. The van der Waals surface area contributed by atoms with Crippen LogP contribution in [0.25, 0.3) is 0 Å². The van der Waals surface area contributed by atoms with Crippen LogP contribution in [0.15, 0.2) is 0 Å². The van der Waals surface area contributed by atoms with Gasteiger partial charge in [0, 0.05) is 17.8 Å². The van der Waals surface area contributed by atoms with Gasteiger partial charge in [-0.3, -0.25) is 9.93 Å². The van der Waals surface area contributed by atoms with Gasteiger partial charge in [0.1, 0.15) is 0 Å². The summed E-state index contributed by atoms with van der Waals surface area (Å²) in [5.74, 6) is -0.283. The molecule has 0 fully saturated rings. The first-order valence-electron chi connectivity index (χ1n) is 5.49. The highest BCUT2D eigenvalue weighted by molar-refractivity contribution is 7.98. The fraction of sp³-hybridized carbons (Fsp3) is 0.909. The molecule has 0 rings (SSSR count). The average molecular weight is 248 g/mol. The van der Waals surface area contributed by atoms with E-state index in [0.717, 1.165) is 6.42 Å². The second kappa shape index (κ2) is 6.47. The number of carbonyl (C=O) groups is 1. The zero-order chi connectivity index (χ0) is 12.8. The summed E-state index contributed by atoms with van der Waals surface area (Å²) in [7, 11) is 0. The maximum Gasteiger partial charge on any atom is 0.217 e. The quantitative estimate of drug-likeness (QED) is 0.642. The predicted molar refractivity (Wildman–Crippen MR) is 68.9 cm³/mol. The van der Waals surface area contributed by atoms with E-state index in [-0.39, 0.29) is 16.3 Å². The molecule has 5 heteroatoms. The lowest BCUT2D eigenvalue weighted by Gasteiger charge is -2.28. The molecule has 4 N–H and O–H groups in total. The van der Waals surface area contributed by atoms with Gasteiger partial charge in [0.15, 0.2) is 0 Å². The maximum absolute atomic E-state index is 10.7. The number of ether oxygens (including phenoxy) is 1. The minimum absolute atomic E-state index is 0.0275. The lowest BCUT2D eigenvalue weighted by molar-refractivity contribution is -0.119. The summed E-state index contributed by atoms with van der Waals surface area (Å²) in [6, 6.07) is 0. The monoisotopic (exact) mass is 248 g/mol. The van der Waals surface area contributed by atoms with Crippen molar-refractivity contribution >= 4 is 17.9 Å². The Kier molecular flexibility index (Phi) is 6.36. The highest BCUT2D eigenvalue weighted by Crippen LogP contribution is 2.24. The minimum Gasteiger partial charge on any atom is -0.376 e. The van der Waals surface area contributed by atoms with Gasteiger partial charge in [-0.15, -0.1) is 0 Å². The molecule has 0 radical (unpaired) electrons. The van der Waals surface area contributed by atoms with Crippen LogP contribution in [0.1, 0.15) is 47.0 Å². The lowest BCUT2D eigenvalue weighted by Crippen LogP contribution is -2.29. The summed E-state index contributed by atoms with van der Waals surface area (Å²) < 4.78 is 5.77. The largest absolute Gasteiger partial charge is 0.376 e. The molecule has 0 unspecified atom stereocenters. The SMILES string of the molecule is CC(C)(CCC(N)=O)OCCC(C)(C)SN. The van der Waals surface area contributed by atoms with Crippen LogP contribution in [0.5, 0.6) is 0 Å². The Morgan fingerprint density at radius 3 is 2.25 bits per heavy atom. The number of nitrogens with two attached hydrogens (primary N) is 2. The Balaban J connectivity index is 3.86. The van der Waals surface area contributed by atoms with E-state index in [0.29, 0.717) is 19.4 Å². The first-order chi connectivity index (χ1) is 7.18. The zero-order valence-electron chi connectivity index (χ0n) is 10.7. The van der Waals surface area contributed by atoms with E-state index >= 15 is 0 Å². The van der Waals surface area contributed by atoms with Crippen LogP contribution in [0.3, 0.4) is 0 Å². The number of hydrogen-bond acceptors (Lipinski definition) is 4. The number of hydrogen-bond donors (Lipinski definition) is 2. The predicted octanol–water partition coefficient (Wildman–Crippen LogP) is 1.82. The minimum atomic E-state index is -0.301. The number of amides is 1. The van der Waals surface area contributed by atoms with Gasteiger partial charge in [-0.2, -0.15) is 0 Å². The Morgan fingerprint density at radius 2 is 1.81 bits per heavy atom. The van der Waals surface area contributed by atoms with Gasteiger partial charge >= 0.3 is 0 Å². The highest BCUT2D eigenvalue weighted by Gasteiger charge is 2.22. The molecule has 0 aromatic carbocycles. The molecule has 96 valence electrons. The van der Waals surface area contributed by atoms with Crippen LogP contribution in [-0.4, -0.2) is 22.9 Å². The molecule has 0 atom stereocenters. The van der Waals surface area contributed by atoms with E-state index in [1.807, 2.05) is 13.8 Å². The molecule has 0 heterocycles. The van der Waals surface area contributed by atoms with Crippen molar-refractivity contribution in [3.8, 4) is 0 Å². The van der Waals surface area contributed by atoms with Crippen molar-refractivity contribution in [3.63, 3.8) is 0 Å². The molecule has 0 spiro atoms. The van der Waals surface area contributed by atoms with Crippen molar-refractivity contribution < 1.29 is 9.53 Å². The van der Waals surface area contributed by atoms with E-state index in [2.05, 4.69) is 13.8 Å². The van der Waals surface area contributed by atoms with Crippen molar-refractivity contribution in [3.05, 3.63) is 0 Å². The first-order valence-corrected chi connectivity index (χ1v) is 6.37. The fourth-order valence-corrected chi connectivity index (χ4v) is 1.33. The normalized spacial score (nSPS) is 12.8. The number of rotatable bonds is 8. The van der Waals surface area contributed by atoms with Crippen LogP contribution in [-0.2, 0) is 9.53 Å². The smallest absolute Gasteiger partial charge is 0.217 e. The Bertz CT molecular complexity index is 230. The van der Waals surface area contributed by atoms with Crippen molar-refractivity contribution in [2.24, 2.45) is 10.9 Å². The average Bonchev–Trinajstić information content (AvgIpc) is 2.14. The van der Waals surface area contributed by atoms with Crippen LogP contribution < -0.4 is 10.9 Å². The molecule has 16 heavy (non-hydrogen) atoms. The number of carbonyl (C=O) groups excluding carboxylic acids is 1. The van der Waals surface area contributed by atoms with E-state index in [4.69, 9.17) is 15.6 Å². The second-order valence-electron chi connectivity index (χ2n) is 5.20. The Hall–Kier alpha value is -0.260. The van der Waals surface area contributed by atoms with E-state index < -0.39 is 0 Å². The molecule has 0 aromatic heterocycles. The lowest BCUT2D eigenvalue weighted by atomic mass is 10.0. The van der Waals surface area contributed by atoms with Gasteiger partial charge in [-0.05, 0) is 40.5 Å². The molecule has 0 aliphatic rings. The van der Waals surface area contributed by atoms with Crippen LogP contribution in [0.2, 0.25) is 0 Å². The van der Waals surface area contributed by atoms with Crippen LogP contribution in [0, 0.1) is 0 Å². The van der Waals surface area contributed by atoms with Crippen molar-refractivity contribution in [1.29, 1.82) is 0 Å². The third kappa shape index (κ3) is 7.96. The first kappa shape index (κ1) is 15.7. The third-order valence-electron chi connectivity index (χ3n) is 2.49. The summed E-state index contributed by atoms with van der Waals surface area (Å²) in [5, 5.41) is 5.55. The van der Waals surface area contributed by atoms with Crippen LogP contribution in [0.4, 0.5) is 0 Å². The molecule has 4 nitrogen and oxygen atoms in total. The molecular weight excluding hydrogens is 224 g/mol. The van der Waals surface area contributed by atoms with Gasteiger partial charge < -0.3 is 10.5 Å². The standard InChI is InChI=1S/C11H24N2O2S/c1-10(2,6-5-9(12)14)15-8-7-11(3,4)16-13/h5-8,13H2,1-4H3,(H2,12,14). The van der Waals surface area contributed by atoms with E-state index in [1.165, 1.54) is 11.9 Å². The zero-order valence-corrected chi connectivity index (χ0v) is 11.5. The summed E-state index contributed by atoms with van der Waals surface area (Å²) in [4.78, 5) is 10.7. The Labute approximate surface area is 103 Å². The third-order valence-corrected chi connectivity index (χ3v) is 3.33. The highest BCUT2D eigenvalue weighted by atomic mass is 32.2. The van der Waals surface area contributed by atoms with Crippen LogP contribution >= 0.6 is 11.9 Å². The van der Waals surface area contributed by atoms with E-state index in [1.54, 1.807) is 0 Å². The van der Waals surface area contributed by atoms with Gasteiger partial charge in [-0.1, -0.05) is 11.9 Å². The number of primary amides is 1. The molecule has 1 amide bonds.